The van der Waals surface area contributed by atoms with E-state index in [1.54, 1.807) is 0 Å². The van der Waals surface area contributed by atoms with Crippen LogP contribution in [0.25, 0.3) is 0 Å². The van der Waals surface area contributed by atoms with Gasteiger partial charge in [0.15, 0.2) is 12.2 Å². The predicted molar refractivity (Wildman–Crippen MR) is 414 cm³/mol. The summed E-state index contributed by atoms with van der Waals surface area (Å²) in [6.07, 6.45) is 66.6. The molecule has 0 aliphatic rings. The number of aliphatic hydroxyl groups excluding tert-OH is 1. The second-order valence-electron chi connectivity index (χ2n) is 30.0. The number of carbonyl (C=O) groups excluding carboxylic acids is 4. The average molecular weight is 1480 g/mol. The van der Waals surface area contributed by atoms with Gasteiger partial charge < -0.3 is 33.8 Å². The molecule has 0 aromatic heterocycles. The first kappa shape index (κ1) is 99.1. The van der Waals surface area contributed by atoms with Crippen molar-refractivity contribution in [3.8, 4) is 0 Å². The molecule has 5 atom stereocenters. The van der Waals surface area contributed by atoms with Crippen LogP contribution in [-0.4, -0.2) is 96.7 Å². The third kappa shape index (κ3) is 76.1. The number of hydrogen-bond donors (Lipinski definition) is 3. The molecule has 0 spiro atoms. The summed E-state index contributed by atoms with van der Waals surface area (Å²) in [6, 6.07) is 0. The number of aliphatic hydroxyl groups is 1. The van der Waals surface area contributed by atoms with Crippen molar-refractivity contribution in [2.45, 2.75) is 457 Å². The quantitative estimate of drug-likeness (QED) is 0.0222. The molecule has 0 amide bonds. The van der Waals surface area contributed by atoms with Gasteiger partial charge in [0.2, 0.25) is 0 Å². The van der Waals surface area contributed by atoms with Crippen molar-refractivity contribution in [2.24, 2.45) is 5.92 Å². The maximum absolute atomic E-state index is 13.1. The number of ether oxygens (including phenoxy) is 4. The van der Waals surface area contributed by atoms with Gasteiger partial charge in [0.05, 0.1) is 26.4 Å². The van der Waals surface area contributed by atoms with Gasteiger partial charge in [0.1, 0.15) is 19.3 Å². The fourth-order valence-electron chi connectivity index (χ4n) is 12.8. The molecule has 0 aromatic carbocycles. The zero-order valence-corrected chi connectivity index (χ0v) is 67.8. The highest BCUT2D eigenvalue weighted by atomic mass is 31.2. The number of phosphoric ester groups is 2. The summed E-state index contributed by atoms with van der Waals surface area (Å²) in [5.74, 6) is -1.33. The van der Waals surface area contributed by atoms with Crippen LogP contribution in [0.2, 0.25) is 0 Å². The minimum atomic E-state index is -4.96. The number of carbonyl (C=O) groups is 4. The van der Waals surface area contributed by atoms with E-state index in [0.717, 1.165) is 95.8 Å². The van der Waals surface area contributed by atoms with Gasteiger partial charge in [-0.15, -0.1) is 0 Å². The van der Waals surface area contributed by atoms with E-state index in [2.05, 4.69) is 34.6 Å². The topological polar surface area (TPSA) is 237 Å². The second kappa shape index (κ2) is 74.9. The lowest BCUT2D eigenvalue weighted by molar-refractivity contribution is -0.161. The molecule has 19 heteroatoms. The highest BCUT2D eigenvalue weighted by molar-refractivity contribution is 7.47. The fraction of sp³-hybridized carbons (Fsp3) is 0.951. The van der Waals surface area contributed by atoms with Crippen molar-refractivity contribution in [1.29, 1.82) is 0 Å². The van der Waals surface area contributed by atoms with E-state index in [1.807, 2.05) is 0 Å². The molecule has 17 nitrogen and oxygen atoms in total. The van der Waals surface area contributed by atoms with E-state index in [-0.39, 0.29) is 25.7 Å². The Morgan fingerprint density at radius 2 is 0.455 bits per heavy atom. The molecule has 0 aromatic rings. The Hall–Kier alpha value is -1.94. The van der Waals surface area contributed by atoms with E-state index < -0.39 is 97.5 Å². The lowest BCUT2D eigenvalue weighted by Gasteiger charge is -2.21. The minimum Gasteiger partial charge on any atom is -0.462 e. The van der Waals surface area contributed by atoms with Crippen LogP contribution in [0.1, 0.15) is 439 Å². The zero-order valence-electron chi connectivity index (χ0n) is 66.1. The third-order valence-electron chi connectivity index (χ3n) is 19.3. The lowest BCUT2D eigenvalue weighted by atomic mass is 10.0. The Bertz CT molecular complexity index is 1930. The molecule has 0 bridgehead atoms. The van der Waals surface area contributed by atoms with Crippen LogP contribution in [0.5, 0.6) is 0 Å². The number of unbranched alkanes of at least 4 members (excludes halogenated alkanes) is 54. The van der Waals surface area contributed by atoms with E-state index in [1.165, 1.54) is 263 Å². The fourth-order valence-corrected chi connectivity index (χ4v) is 14.3. The van der Waals surface area contributed by atoms with Gasteiger partial charge in [-0.3, -0.25) is 37.3 Å². The second-order valence-corrected chi connectivity index (χ2v) is 32.9. The van der Waals surface area contributed by atoms with Gasteiger partial charge in [-0.2, -0.15) is 0 Å². The Morgan fingerprint density at radius 3 is 0.673 bits per heavy atom. The monoisotopic (exact) mass is 1480 g/mol. The Balaban J connectivity index is 5.23. The Kier molecular flexibility index (Phi) is 73.5. The van der Waals surface area contributed by atoms with Gasteiger partial charge in [0.25, 0.3) is 0 Å². The Labute approximate surface area is 619 Å². The predicted octanol–water partition coefficient (Wildman–Crippen LogP) is 24.8. The largest absolute Gasteiger partial charge is 0.472 e. The average Bonchev–Trinajstić information content (AvgIpc) is 0.921. The molecule has 0 saturated heterocycles. The molecule has 0 fully saturated rings. The standard InChI is InChI=1S/C82H160O17P2/c1-6-9-12-15-18-21-24-26-28-30-32-34-36-41-46-51-56-61-66-80(85)93-72-78(99-81(86)67-62-57-52-47-42-37-35-33-31-29-27-25-22-19-16-13-10-7-2)74-97-101(90,91)95-70-76(83)69-94-100(88,89)96-73-77(71-92-79(84)65-60-55-50-45-23-20-17-14-11-8-3)98-82(87)68-63-58-53-48-43-39-38-40-44-49-54-59-64-75(4)5/h75-78,83H,6-74H2,1-5H3,(H,88,89)(H,90,91)/t76-,77+,78+/m0/s1. The number of hydrogen-bond acceptors (Lipinski definition) is 15. The normalized spacial score (nSPS) is 13.8. The summed E-state index contributed by atoms with van der Waals surface area (Å²) >= 11 is 0. The van der Waals surface area contributed by atoms with Crippen LogP contribution in [0.3, 0.4) is 0 Å². The molecule has 2 unspecified atom stereocenters. The zero-order chi connectivity index (χ0) is 74.1. The van der Waals surface area contributed by atoms with E-state index in [9.17, 15) is 43.2 Å². The smallest absolute Gasteiger partial charge is 0.462 e. The van der Waals surface area contributed by atoms with E-state index in [4.69, 9.17) is 37.0 Å². The molecule has 101 heavy (non-hydrogen) atoms. The van der Waals surface area contributed by atoms with Gasteiger partial charge in [-0.1, -0.05) is 388 Å². The molecule has 0 saturated carbocycles. The highest BCUT2D eigenvalue weighted by Crippen LogP contribution is 2.45. The van der Waals surface area contributed by atoms with Crippen molar-refractivity contribution in [2.75, 3.05) is 39.6 Å². The van der Waals surface area contributed by atoms with Crippen LogP contribution in [0, 0.1) is 5.92 Å². The molecule has 0 heterocycles. The minimum absolute atomic E-state index is 0.107. The van der Waals surface area contributed by atoms with Gasteiger partial charge >= 0.3 is 39.5 Å². The van der Waals surface area contributed by atoms with Crippen LogP contribution in [0.15, 0.2) is 0 Å². The number of phosphoric acid groups is 2. The first-order valence-corrected chi connectivity index (χ1v) is 45.6. The summed E-state index contributed by atoms with van der Waals surface area (Å²) < 4.78 is 68.8. The van der Waals surface area contributed by atoms with Crippen LogP contribution < -0.4 is 0 Å². The van der Waals surface area contributed by atoms with Crippen LogP contribution >= 0.6 is 15.6 Å². The summed E-state index contributed by atoms with van der Waals surface area (Å²) in [7, 11) is -9.92. The van der Waals surface area contributed by atoms with Crippen molar-refractivity contribution in [1.82, 2.24) is 0 Å². The van der Waals surface area contributed by atoms with Gasteiger partial charge in [0, 0.05) is 25.7 Å². The van der Waals surface area contributed by atoms with Crippen molar-refractivity contribution in [3.63, 3.8) is 0 Å². The molecule has 600 valence electrons. The van der Waals surface area contributed by atoms with Crippen LogP contribution in [-0.2, 0) is 65.4 Å². The van der Waals surface area contributed by atoms with Crippen molar-refractivity contribution < 1.29 is 80.2 Å². The molecule has 0 rings (SSSR count). The summed E-state index contributed by atoms with van der Waals surface area (Å²) in [5, 5.41) is 10.6. The molecular weight excluding hydrogens is 1320 g/mol. The van der Waals surface area contributed by atoms with Crippen LogP contribution in [0.4, 0.5) is 0 Å². The highest BCUT2D eigenvalue weighted by Gasteiger charge is 2.30. The third-order valence-corrected chi connectivity index (χ3v) is 21.2. The number of esters is 4. The lowest BCUT2D eigenvalue weighted by Crippen LogP contribution is -2.30. The summed E-state index contributed by atoms with van der Waals surface area (Å²) in [4.78, 5) is 73.1. The maximum Gasteiger partial charge on any atom is 0.472 e. The molecule has 0 aliphatic carbocycles. The van der Waals surface area contributed by atoms with Gasteiger partial charge in [-0.05, 0) is 31.6 Å². The summed E-state index contributed by atoms with van der Waals surface area (Å²) in [5.41, 5.74) is 0. The van der Waals surface area contributed by atoms with Crippen molar-refractivity contribution >= 4 is 39.5 Å². The summed E-state index contributed by atoms with van der Waals surface area (Å²) in [6.45, 7) is 7.34. The number of rotatable bonds is 82. The van der Waals surface area contributed by atoms with Gasteiger partial charge in [-0.25, -0.2) is 9.13 Å². The molecule has 3 N–H and O–H groups in total. The first-order chi connectivity index (χ1) is 49.0. The molecule has 0 aliphatic heterocycles. The molecule has 0 radical (unpaired) electrons. The maximum atomic E-state index is 13.1. The first-order valence-electron chi connectivity index (χ1n) is 42.6. The van der Waals surface area contributed by atoms with Crippen molar-refractivity contribution in [3.05, 3.63) is 0 Å². The SMILES string of the molecule is CCCCCCCCCCCCCCCCCCCCC(=O)OC[C@H](COP(=O)(O)OC[C@@H](O)COP(=O)(O)OC[C@@H](COC(=O)CCCCCCCCCCCC)OC(=O)CCCCCCCCCCCCCCC(C)C)OC(=O)CCCCCCCCCCCCCCCCCCCC. The molecular formula is C82H160O17P2. The Morgan fingerprint density at radius 1 is 0.267 bits per heavy atom. The van der Waals surface area contributed by atoms with E-state index in [0.29, 0.717) is 25.7 Å². The van der Waals surface area contributed by atoms with E-state index >= 15 is 0 Å².